The molecule has 1 N–H and O–H groups in total. The van der Waals surface area contributed by atoms with E-state index in [9.17, 15) is 9.59 Å². The summed E-state index contributed by atoms with van der Waals surface area (Å²) < 4.78 is 1.69. The molecule has 2 heterocycles. The fourth-order valence-electron chi connectivity index (χ4n) is 2.50. The first-order valence-corrected chi connectivity index (χ1v) is 8.61. The molecule has 0 radical (unpaired) electrons. The first-order valence-electron chi connectivity index (χ1n) is 8.61. The summed E-state index contributed by atoms with van der Waals surface area (Å²) in [5.41, 5.74) is 0.920. The SMILES string of the molecule is CCCCN(C)C(=O)c1nc(C(=O)NCCN(C)C)c2ccccn12. The summed E-state index contributed by atoms with van der Waals surface area (Å²) in [6.07, 6.45) is 3.71. The molecule has 0 atom stereocenters. The third-order valence-electron chi connectivity index (χ3n) is 3.99. The molecule has 2 rings (SSSR count). The number of carbonyl (C=O) groups excluding carboxylic acids is 2. The summed E-state index contributed by atoms with van der Waals surface area (Å²) in [5, 5.41) is 2.86. The lowest BCUT2D eigenvalue weighted by Crippen LogP contribution is -2.32. The van der Waals surface area contributed by atoms with Gasteiger partial charge in [0.1, 0.15) is 0 Å². The Morgan fingerprint density at radius 3 is 2.64 bits per heavy atom. The Bertz CT molecular complexity index is 738. The molecule has 0 spiro atoms. The van der Waals surface area contributed by atoms with Gasteiger partial charge in [-0.2, -0.15) is 0 Å². The van der Waals surface area contributed by atoms with E-state index in [4.69, 9.17) is 0 Å². The van der Waals surface area contributed by atoms with Crippen LogP contribution in [-0.4, -0.2) is 71.8 Å². The molecule has 0 aliphatic heterocycles. The minimum Gasteiger partial charge on any atom is -0.349 e. The van der Waals surface area contributed by atoms with Crippen LogP contribution in [0.1, 0.15) is 40.9 Å². The van der Waals surface area contributed by atoms with Crippen molar-refractivity contribution >= 4 is 17.3 Å². The largest absolute Gasteiger partial charge is 0.349 e. The van der Waals surface area contributed by atoms with Gasteiger partial charge in [0.15, 0.2) is 5.69 Å². The van der Waals surface area contributed by atoms with Gasteiger partial charge in [-0.05, 0) is 32.6 Å². The number of amides is 2. The Balaban J connectivity index is 2.27. The number of nitrogens with one attached hydrogen (secondary N) is 1. The minimum atomic E-state index is -0.263. The van der Waals surface area contributed by atoms with Crippen LogP contribution in [0.2, 0.25) is 0 Å². The molecular weight excluding hydrogens is 318 g/mol. The highest BCUT2D eigenvalue weighted by Crippen LogP contribution is 2.15. The molecule has 0 aliphatic rings. The van der Waals surface area contributed by atoms with Crippen molar-refractivity contribution in [2.24, 2.45) is 0 Å². The number of fused-ring (bicyclic) bond motifs is 1. The van der Waals surface area contributed by atoms with Crippen molar-refractivity contribution in [2.45, 2.75) is 19.8 Å². The van der Waals surface area contributed by atoms with Crippen LogP contribution in [0.4, 0.5) is 0 Å². The summed E-state index contributed by atoms with van der Waals surface area (Å²) >= 11 is 0. The molecule has 136 valence electrons. The summed E-state index contributed by atoms with van der Waals surface area (Å²) in [7, 11) is 5.65. The van der Waals surface area contributed by atoms with Crippen LogP contribution in [-0.2, 0) is 0 Å². The van der Waals surface area contributed by atoms with Gasteiger partial charge in [-0.25, -0.2) is 4.98 Å². The van der Waals surface area contributed by atoms with E-state index in [0.717, 1.165) is 19.4 Å². The van der Waals surface area contributed by atoms with Gasteiger partial charge in [0, 0.05) is 32.9 Å². The summed E-state index contributed by atoms with van der Waals surface area (Å²) in [5.74, 6) is -0.172. The molecule has 0 unspecified atom stereocenters. The van der Waals surface area contributed by atoms with Crippen LogP contribution in [0.15, 0.2) is 24.4 Å². The molecule has 0 aromatic carbocycles. The molecular formula is C18H27N5O2. The van der Waals surface area contributed by atoms with Crippen molar-refractivity contribution in [3.8, 4) is 0 Å². The maximum absolute atomic E-state index is 12.7. The number of unbranched alkanes of at least 4 members (excludes halogenated alkanes) is 1. The summed E-state index contributed by atoms with van der Waals surface area (Å²) in [4.78, 5) is 33.2. The Kier molecular flexibility index (Phi) is 6.52. The molecule has 0 saturated carbocycles. The Labute approximate surface area is 148 Å². The van der Waals surface area contributed by atoms with Gasteiger partial charge in [0.25, 0.3) is 11.8 Å². The topological polar surface area (TPSA) is 70.0 Å². The van der Waals surface area contributed by atoms with Gasteiger partial charge < -0.3 is 15.1 Å². The average Bonchev–Trinajstić information content (AvgIpc) is 2.98. The first-order chi connectivity index (χ1) is 12.0. The van der Waals surface area contributed by atoms with Crippen LogP contribution in [0.3, 0.4) is 0 Å². The molecule has 2 aromatic heterocycles. The predicted octanol–water partition coefficient (Wildman–Crippen LogP) is 1.50. The van der Waals surface area contributed by atoms with Gasteiger partial charge in [0.05, 0.1) is 5.52 Å². The van der Waals surface area contributed by atoms with E-state index in [1.54, 1.807) is 28.6 Å². The molecule has 0 aliphatic carbocycles. The van der Waals surface area contributed by atoms with E-state index in [1.165, 1.54) is 0 Å². The number of likely N-dealkylation sites (N-methyl/N-ethyl adjacent to an activating group) is 1. The number of carbonyl (C=O) groups is 2. The van der Waals surface area contributed by atoms with E-state index in [2.05, 4.69) is 17.2 Å². The predicted molar refractivity (Wildman–Crippen MR) is 97.9 cm³/mol. The van der Waals surface area contributed by atoms with Crippen LogP contribution in [0, 0.1) is 0 Å². The number of hydrogen-bond acceptors (Lipinski definition) is 4. The lowest BCUT2D eigenvalue weighted by molar-refractivity contribution is 0.0780. The highest BCUT2D eigenvalue weighted by atomic mass is 16.2. The number of hydrogen-bond donors (Lipinski definition) is 1. The van der Waals surface area contributed by atoms with Gasteiger partial charge >= 0.3 is 0 Å². The normalized spacial score (nSPS) is 11.1. The average molecular weight is 345 g/mol. The number of aromatic nitrogens is 2. The van der Waals surface area contributed by atoms with Gasteiger partial charge in [0.2, 0.25) is 5.82 Å². The zero-order valence-corrected chi connectivity index (χ0v) is 15.5. The van der Waals surface area contributed by atoms with Crippen LogP contribution >= 0.6 is 0 Å². The Morgan fingerprint density at radius 1 is 1.20 bits per heavy atom. The van der Waals surface area contributed by atoms with E-state index in [1.807, 2.05) is 31.1 Å². The number of imidazole rings is 1. The van der Waals surface area contributed by atoms with E-state index < -0.39 is 0 Å². The third-order valence-corrected chi connectivity index (χ3v) is 3.99. The van der Waals surface area contributed by atoms with Crippen molar-refractivity contribution in [1.82, 2.24) is 24.5 Å². The Morgan fingerprint density at radius 2 is 1.96 bits per heavy atom. The van der Waals surface area contributed by atoms with Crippen LogP contribution < -0.4 is 5.32 Å². The molecule has 2 amide bonds. The summed E-state index contributed by atoms with van der Waals surface area (Å²) in [6.45, 7) is 4.02. The highest BCUT2D eigenvalue weighted by molar-refractivity contribution is 6.02. The van der Waals surface area contributed by atoms with Crippen molar-refractivity contribution < 1.29 is 9.59 Å². The van der Waals surface area contributed by atoms with Gasteiger partial charge in [-0.3, -0.25) is 14.0 Å². The second kappa shape index (κ2) is 8.62. The number of pyridine rings is 1. The molecule has 2 aromatic rings. The highest BCUT2D eigenvalue weighted by Gasteiger charge is 2.23. The van der Waals surface area contributed by atoms with E-state index in [0.29, 0.717) is 18.6 Å². The second-order valence-corrected chi connectivity index (χ2v) is 6.38. The second-order valence-electron chi connectivity index (χ2n) is 6.38. The minimum absolute atomic E-state index is 0.179. The van der Waals surface area contributed by atoms with Crippen LogP contribution in [0.5, 0.6) is 0 Å². The van der Waals surface area contributed by atoms with Crippen molar-refractivity contribution in [3.63, 3.8) is 0 Å². The fourth-order valence-corrected chi connectivity index (χ4v) is 2.50. The fraction of sp³-hybridized carbons (Fsp3) is 0.500. The van der Waals surface area contributed by atoms with Crippen LogP contribution in [0.25, 0.3) is 5.52 Å². The molecule has 0 bridgehead atoms. The standard InChI is InChI=1S/C18H27N5O2/c1-5-6-11-22(4)18(25)16-20-15(14-9-7-8-12-23(14)16)17(24)19-10-13-21(2)3/h7-9,12H,5-6,10-11,13H2,1-4H3,(H,19,24). The maximum atomic E-state index is 12.7. The lowest BCUT2D eigenvalue weighted by atomic mass is 10.3. The smallest absolute Gasteiger partial charge is 0.289 e. The van der Waals surface area contributed by atoms with Crippen molar-refractivity contribution in [2.75, 3.05) is 40.8 Å². The molecule has 7 heteroatoms. The van der Waals surface area contributed by atoms with Gasteiger partial charge in [-0.1, -0.05) is 19.4 Å². The maximum Gasteiger partial charge on any atom is 0.289 e. The molecule has 25 heavy (non-hydrogen) atoms. The first kappa shape index (κ1) is 18.9. The lowest BCUT2D eigenvalue weighted by Gasteiger charge is -2.15. The number of nitrogens with zero attached hydrogens (tertiary/aromatic N) is 4. The van der Waals surface area contributed by atoms with Crippen molar-refractivity contribution in [3.05, 3.63) is 35.9 Å². The van der Waals surface area contributed by atoms with E-state index in [-0.39, 0.29) is 23.3 Å². The molecule has 0 saturated heterocycles. The van der Waals surface area contributed by atoms with Gasteiger partial charge in [-0.15, -0.1) is 0 Å². The van der Waals surface area contributed by atoms with Crippen molar-refractivity contribution in [1.29, 1.82) is 0 Å². The van der Waals surface area contributed by atoms with E-state index >= 15 is 0 Å². The number of rotatable bonds is 8. The third kappa shape index (κ3) is 4.57. The zero-order chi connectivity index (χ0) is 18.4. The summed E-state index contributed by atoms with van der Waals surface area (Å²) in [6, 6.07) is 5.46. The monoisotopic (exact) mass is 345 g/mol. The Hall–Kier alpha value is -2.41. The quantitative estimate of drug-likeness (QED) is 0.787. The molecule has 0 fully saturated rings. The zero-order valence-electron chi connectivity index (χ0n) is 15.5. The molecule has 7 nitrogen and oxygen atoms in total.